The van der Waals surface area contributed by atoms with Crippen molar-refractivity contribution in [1.82, 2.24) is 15.5 Å². The highest BCUT2D eigenvalue weighted by atomic mass is 35.5. The van der Waals surface area contributed by atoms with E-state index in [0.717, 1.165) is 25.5 Å². The van der Waals surface area contributed by atoms with Gasteiger partial charge in [-0.05, 0) is 37.6 Å². The van der Waals surface area contributed by atoms with E-state index in [1.165, 1.54) is 6.42 Å². The van der Waals surface area contributed by atoms with Crippen LogP contribution in [0, 0.1) is 5.92 Å². The minimum Gasteiger partial charge on any atom is -0.358 e. The average Bonchev–Trinajstić information content (AvgIpc) is 2.71. The number of hydrogen-bond donors (Lipinski definition) is 1. The summed E-state index contributed by atoms with van der Waals surface area (Å²) in [4.78, 5) is 2.13. The third-order valence-electron chi connectivity index (χ3n) is 2.70. The van der Waals surface area contributed by atoms with Crippen molar-refractivity contribution < 1.29 is 0 Å². The largest absolute Gasteiger partial charge is 0.358 e. The van der Waals surface area contributed by atoms with Gasteiger partial charge < -0.3 is 10.2 Å². The van der Waals surface area contributed by atoms with Crippen LogP contribution < -0.4 is 10.2 Å². The van der Waals surface area contributed by atoms with Crippen molar-refractivity contribution in [3.05, 3.63) is 17.3 Å². The molecule has 0 radical (unpaired) electrons. The fraction of sp³-hybridized carbons (Fsp3) is 0.600. The van der Waals surface area contributed by atoms with Crippen LogP contribution in [0.25, 0.3) is 0 Å². The molecule has 1 aromatic rings. The van der Waals surface area contributed by atoms with E-state index < -0.39 is 0 Å². The Labute approximate surface area is 94.6 Å². The minimum absolute atomic E-state index is 0.440. The molecule has 1 saturated heterocycles. The molecule has 5 heteroatoms. The number of halogens is 1. The van der Waals surface area contributed by atoms with E-state index >= 15 is 0 Å². The van der Waals surface area contributed by atoms with Gasteiger partial charge in [0.1, 0.15) is 0 Å². The van der Waals surface area contributed by atoms with Crippen molar-refractivity contribution in [2.45, 2.75) is 6.42 Å². The number of rotatable bonds is 3. The van der Waals surface area contributed by atoms with Crippen molar-refractivity contribution in [2.24, 2.45) is 5.92 Å². The summed E-state index contributed by atoms with van der Waals surface area (Å²) in [6.07, 6.45) is 1.24. The Kier molecular flexibility index (Phi) is 3.38. The summed E-state index contributed by atoms with van der Waals surface area (Å²) < 4.78 is 0. The predicted octanol–water partition coefficient (Wildman–Crippen LogP) is 1.18. The molecule has 0 unspecified atom stereocenters. The van der Waals surface area contributed by atoms with Crippen molar-refractivity contribution >= 4 is 17.4 Å². The van der Waals surface area contributed by atoms with E-state index in [2.05, 4.69) is 20.4 Å². The first-order valence-electron chi connectivity index (χ1n) is 5.17. The van der Waals surface area contributed by atoms with Crippen LogP contribution in [0.5, 0.6) is 0 Å². The molecule has 82 valence electrons. The molecule has 1 aromatic heterocycles. The molecule has 0 amide bonds. The molecule has 2 rings (SSSR count). The van der Waals surface area contributed by atoms with Gasteiger partial charge in [-0.1, -0.05) is 11.6 Å². The van der Waals surface area contributed by atoms with Gasteiger partial charge in [-0.2, -0.15) is 0 Å². The predicted molar refractivity (Wildman–Crippen MR) is 61.3 cm³/mol. The van der Waals surface area contributed by atoms with E-state index in [4.69, 9.17) is 11.6 Å². The van der Waals surface area contributed by atoms with Crippen LogP contribution in [0.4, 0.5) is 5.82 Å². The lowest BCUT2D eigenvalue weighted by Gasteiger charge is -2.20. The third kappa shape index (κ3) is 2.79. The Bertz CT molecular complexity index is 308. The zero-order valence-corrected chi connectivity index (χ0v) is 9.54. The molecular formula is C10H15ClN4. The fourth-order valence-corrected chi connectivity index (χ4v) is 1.96. The lowest BCUT2D eigenvalue weighted by molar-refractivity contribution is 0.574. The maximum atomic E-state index is 5.68. The smallest absolute Gasteiger partial charge is 0.151 e. The Balaban J connectivity index is 1.94. The van der Waals surface area contributed by atoms with Crippen LogP contribution in [0.3, 0.4) is 0 Å². The molecule has 0 aromatic carbocycles. The molecule has 0 aliphatic carbocycles. The van der Waals surface area contributed by atoms with Crippen LogP contribution in [0.2, 0.25) is 5.15 Å². The summed E-state index contributed by atoms with van der Waals surface area (Å²) in [5, 5.41) is 11.7. The van der Waals surface area contributed by atoms with E-state index in [1.807, 2.05) is 13.1 Å². The van der Waals surface area contributed by atoms with Crippen LogP contribution in [-0.4, -0.2) is 36.9 Å². The highest BCUT2D eigenvalue weighted by molar-refractivity contribution is 6.29. The van der Waals surface area contributed by atoms with Gasteiger partial charge in [0.15, 0.2) is 11.0 Å². The zero-order chi connectivity index (χ0) is 10.7. The summed E-state index contributed by atoms with van der Waals surface area (Å²) in [6.45, 7) is 3.25. The van der Waals surface area contributed by atoms with Crippen molar-refractivity contribution in [3.8, 4) is 0 Å². The normalized spacial score (nSPS) is 20.5. The number of anilines is 1. The fourth-order valence-electron chi connectivity index (χ4n) is 1.86. The summed E-state index contributed by atoms with van der Waals surface area (Å²) >= 11 is 5.68. The Hall–Kier alpha value is -0.870. The van der Waals surface area contributed by atoms with Crippen molar-refractivity contribution in [3.63, 3.8) is 0 Å². The van der Waals surface area contributed by atoms with Gasteiger partial charge in [0.2, 0.25) is 0 Å². The van der Waals surface area contributed by atoms with Gasteiger partial charge in [-0.3, -0.25) is 0 Å². The molecular weight excluding hydrogens is 212 g/mol. The van der Waals surface area contributed by atoms with E-state index in [1.54, 1.807) is 6.07 Å². The summed E-state index contributed by atoms with van der Waals surface area (Å²) in [7, 11) is 2.04. The molecule has 1 aliphatic rings. The Morgan fingerprint density at radius 3 is 3.00 bits per heavy atom. The molecule has 1 atom stereocenters. The molecule has 1 N–H and O–H groups in total. The number of nitrogens with one attached hydrogen (secondary N) is 1. The van der Waals surface area contributed by atoms with Gasteiger partial charge in [0.25, 0.3) is 0 Å². The standard InChI is InChI=1S/C10H15ClN4/c1-15(7-8-4-5-12-6-8)10-3-2-9(11)13-14-10/h2-3,8,12H,4-7H2,1H3/t8-/m0/s1. The third-order valence-corrected chi connectivity index (χ3v) is 2.91. The molecule has 0 saturated carbocycles. The van der Waals surface area contributed by atoms with E-state index in [-0.39, 0.29) is 0 Å². The molecule has 1 fully saturated rings. The lowest BCUT2D eigenvalue weighted by atomic mass is 10.1. The second-order valence-corrected chi connectivity index (χ2v) is 4.34. The summed E-state index contributed by atoms with van der Waals surface area (Å²) in [5.41, 5.74) is 0. The highest BCUT2D eigenvalue weighted by Gasteiger charge is 2.17. The lowest BCUT2D eigenvalue weighted by Crippen LogP contribution is -2.27. The van der Waals surface area contributed by atoms with Gasteiger partial charge >= 0.3 is 0 Å². The van der Waals surface area contributed by atoms with Gasteiger partial charge in [-0.25, -0.2) is 0 Å². The maximum Gasteiger partial charge on any atom is 0.151 e. The molecule has 15 heavy (non-hydrogen) atoms. The van der Waals surface area contributed by atoms with Crippen LogP contribution in [0.15, 0.2) is 12.1 Å². The van der Waals surface area contributed by atoms with E-state index in [0.29, 0.717) is 11.1 Å². The SMILES string of the molecule is CN(C[C@H]1CCNC1)c1ccc(Cl)nn1. The van der Waals surface area contributed by atoms with Crippen molar-refractivity contribution in [1.29, 1.82) is 0 Å². The topological polar surface area (TPSA) is 41.0 Å². The van der Waals surface area contributed by atoms with E-state index in [9.17, 15) is 0 Å². The second kappa shape index (κ2) is 4.77. The van der Waals surface area contributed by atoms with Gasteiger partial charge in [0, 0.05) is 13.6 Å². The van der Waals surface area contributed by atoms with Crippen LogP contribution in [0.1, 0.15) is 6.42 Å². The van der Waals surface area contributed by atoms with Crippen LogP contribution in [-0.2, 0) is 0 Å². The average molecular weight is 227 g/mol. The van der Waals surface area contributed by atoms with Gasteiger partial charge in [-0.15, -0.1) is 10.2 Å². The number of hydrogen-bond acceptors (Lipinski definition) is 4. The monoisotopic (exact) mass is 226 g/mol. The number of nitrogens with zero attached hydrogens (tertiary/aromatic N) is 3. The Morgan fingerprint density at radius 1 is 1.53 bits per heavy atom. The molecule has 0 bridgehead atoms. The quantitative estimate of drug-likeness (QED) is 0.841. The first-order valence-corrected chi connectivity index (χ1v) is 5.54. The maximum absolute atomic E-state index is 5.68. The first kappa shape index (κ1) is 10.6. The number of aromatic nitrogens is 2. The highest BCUT2D eigenvalue weighted by Crippen LogP contribution is 2.14. The zero-order valence-electron chi connectivity index (χ0n) is 8.78. The first-order chi connectivity index (χ1) is 7.25. The molecule has 0 spiro atoms. The second-order valence-electron chi connectivity index (χ2n) is 3.95. The van der Waals surface area contributed by atoms with Crippen LogP contribution >= 0.6 is 11.6 Å². The Morgan fingerprint density at radius 2 is 2.40 bits per heavy atom. The van der Waals surface area contributed by atoms with Gasteiger partial charge in [0.05, 0.1) is 0 Å². The molecule has 1 aliphatic heterocycles. The summed E-state index contributed by atoms with van der Waals surface area (Å²) in [6, 6.07) is 3.67. The molecule has 2 heterocycles. The molecule has 4 nitrogen and oxygen atoms in total. The minimum atomic E-state index is 0.440. The summed E-state index contributed by atoms with van der Waals surface area (Å²) in [5.74, 6) is 1.60. The van der Waals surface area contributed by atoms with Crippen molar-refractivity contribution in [2.75, 3.05) is 31.6 Å².